The zero-order chi connectivity index (χ0) is 7.68. The van der Waals surface area contributed by atoms with Crippen molar-refractivity contribution in [3.05, 3.63) is 23.8 Å². The summed E-state index contributed by atoms with van der Waals surface area (Å²) in [5.41, 5.74) is 2.08. The molecule has 0 radical (unpaired) electrons. The van der Waals surface area contributed by atoms with E-state index in [1.165, 1.54) is 12.2 Å². The predicted molar refractivity (Wildman–Crippen MR) is 47.8 cm³/mol. The molecule has 2 nitrogen and oxygen atoms in total. The summed E-state index contributed by atoms with van der Waals surface area (Å²) >= 11 is 6.93. The van der Waals surface area contributed by atoms with Crippen molar-refractivity contribution in [3.63, 3.8) is 0 Å². The number of hydrogen-bond donors (Lipinski definition) is 1. The minimum atomic E-state index is 0.514. The van der Waals surface area contributed by atoms with Crippen molar-refractivity contribution in [1.29, 1.82) is 0 Å². The van der Waals surface area contributed by atoms with Gasteiger partial charge in [0.05, 0.1) is 5.69 Å². The van der Waals surface area contributed by atoms with Gasteiger partial charge in [-0.05, 0) is 11.6 Å². The number of halogens is 1. The van der Waals surface area contributed by atoms with E-state index in [0.29, 0.717) is 5.88 Å². The van der Waals surface area contributed by atoms with Crippen LogP contribution in [0.5, 0.6) is 5.75 Å². The van der Waals surface area contributed by atoms with E-state index in [1.807, 2.05) is 18.2 Å². The Kier molecular flexibility index (Phi) is 1.84. The van der Waals surface area contributed by atoms with Crippen molar-refractivity contribution in [2.45, 2.75) is 5.88 Å². The molecule has 58 valence electrons. The molecule has 0 fully saturated rings. The molecule has 0 unspecified atom stereocenters. The summed E-state index contributed by atoms with van der Waals surface area (Å²) in [6.07, 6.45) is 0. The Labute approximate surface area is 74.2 Å². The second-order valence-corrected chi connectivity index (χ2v) is 3.00. The zero-order valence-electron chi connectivity index (χ0n) is 5.63. The summed E-state index contributed by atoms with van der Waals surface area (Å²) in [6.45, 7) is 0. The fraction of sp³-hybridized carbons (Fsp3) is 0.143. The molecule has 0 amide bonds. The first-order chi connectivity index (χ1) is 5.42. The van der Waals surface area contributed by atoms with Gasteiger partial charge in [0.25, 0.3) is 0 Å². The third-order valence-corrected chi connectivity index (χ3v) is 2.37. The lowest BCUT2D eigenvalue weighted by molar-refractivity contribution is 0.665. The molecule has 2 rings (SSSR count). The molecule has 11 heavy (non-hydrogen) atoms. The van der Waals surface area contributed by atoms with Gasteiger partial charge in [-0.1, -0.05) is 12.1 Å². The Morgan fingerprint density at radius 1 is 1.55 bits per heavy atom. The minimum Gasteiger partial charge on any atom is -0.403 e. The molecule has 0 bridgehead atoms. The fourth-order valence-electron chi connectivity index (χ4n) is 0.981. The van der Waals surface area contributed by atoms with Crippen molar-refractivity contribution in [2.24, 2.45) is 0 Å². The molecule has 0 saturated heterocycles. The maximum Gasteiger partial charge on any atom is 0.176 e. The molecule has 1 N–H and O–H groups in total. The van der Waals surface area contributed by atoms with E-state index in [2.05, 4.69) is 4.72 Å². The van der Waals surface area contributed by atoms with Crippen molar-refractivity contribution in [1.82, 2.24) is 0 Å². The van der Waals surface area contributed by atoms with E-state index in [0.717, 1.165) is 17.0 Å². The average Bonchev–Trinajstić information content (AvgIpc) is 2.50. The second-order valence-electron chi connectivity index (χ2n) is 2.19. The summed E-state index contributed by atoms with van der Waals surface area (Å²) in [7, 11) is 0. The number of nitrogens with one attached hydrogen (secondary N) is 1. The number of para-hydroxylation sites is 1. The summed E-state index contributed by atoms with van der Waals surface area (Å²) in [5.74, 6) is 1.38. The Balaban J connectivity index is 2.50. The van der Waals surface area contributed by atoms with Crippen LogP contribution < -0.4 is 8.91 Å². The molecule has 0 aliphatic carbocycles. The van der Waals surface area contributed by atoms with Crippen LogP contribution in [0.25, 0.3) is 0 Å². The third-order valence-electron chi connectivity index (χ3n) is 1.53. The van der Waals surface area contributed by atoms with Crippen LogP contribution in [0.3, 0.4) is 0 Å². The topological polar surface area (TPSA) is 21.3 Å². The zero-order valence-corrected chi connectivity index (χ0v) is 7.21. The highest BCUT2D eigenvalue weighted by molar-refractivity contribution is 7.96. The Hall–Kier alpha value is -0.540. The largest absolute Gasteiger partial charge is 0.403 e. The van der Waals surface area contributed by atoms with E-state index in [-0.39, 0.29) is 0 Å². The second kappa shape index (κ2) is 2.83. The normalized spacial score (nSPS) is 13.5. The van der Waals surface area contributed by atoms with Gasteiger partial charge >= 0.3 is 0 Å². The smallest absolute Gasteiger partial charge is 0.176 e. The van der Waals surface area contributed by atoms with Crippen LogP contribution >= 0.6 is 23.8 Å². The van der Waals surface area contributed by atoms with Crippen molar-refractivity contribution < 1.29 is 4.18 Å². The lowest BCUT2D eigenvalue weighted by Gasteiger charge is -1.99. The van der Waals surface area contributed by atoms with Gasteiger partial charge in [-0.2, -0.15) is 0 Å². The van der Waals surface area contributed by atoms with Crippen LogP contribution in [0.15, 0.2) is 18.2 Å². The highest BCUT2D eigenvalue weighted by Crippen LogP contribution is 2.38. The number of fused-ring (bicyclic) bond motifs is 1. The number of rotatable bonds is 1. The maximum absolute atomic E-state index is 5.71. The Morgan fingerprint density at radius 2 is 2.45 bits per heavy atom. The monoisotopic (exact) mass is 187 g/mol. The van der Waals surface area contributed by atoms with Gasteiger partial charge in [-0.25, -0.2) is 0 Å². The van der Waals surface area contributed by atoms with Crippen LogP contribution in [0, 0.1) is 0 Å². The summed E-state index contributed by atoms with van der Waals surface area (Å²) in [6, 6.07) is 5.83. The van der Waals surface area contributed by atoms with Gasteiger partial charge in [0, 0.05) is 5.88 Å². The Morgan fingerprint density at radius 3 is 3.27 bits per heavy atom. The molecule has 1 aromatic rings. The molecule has 0 aromatic heterocycles. The lowest BCUT2D eigenvalue weighted by atomic mass is 10.2. The quantitative estimate of drug-likeness (QED) is 0.415. The van der Waals surface area contributed by atoms with E-state index >= 15 is 0 Å². The predicted octanol–water partition coefficient (Wildman–Crippen LogP) is 2.79. The van der Waals surface area contributed by atoms with Gasteiger partial charge < -0.3 is 4.18 Å². The molecular weight excluding hydrogens is 182 g/mol. The van der Waals surface area contributed by atoms with Crippen molar-refractivity contribution in [3.8, 4) is 5.75 Å². The highest BCUT2D eigenvalue weighted by Gasteiger charge is 2.15. The van der Waals surface area contributed by atoms with Crippen LogP contribution in [0.2, 0.25) is 0 Å². The average molecular weight is 188 g/mol. The third kappa shape index (κ3) is 1.14. The highest BCUT2D eigenvalue weighted by atomic mass is 35.5. The van der Waals surface area contributed by atoms with E-state index in [9.17, 15) is 0 Å². The van der Waals surface area contributed by atoms with Gasteiger partial charge in [0.1, 0.15) is 0 Å². The van der Waals surface area contributed by atoms with Gasteiger partial charge in [-0.3, -0.25) is 4.72 Å². The molecule has 0 saturated carbocycles. The first-order valence-electron chi connectivity index (χ1n) is 3.19. The van der Waals surface area contributed by atoms with E-state index < -0.39 is 0 Å². The first-order valence-corrected chi connectivity index (χ1v) is 4.47. The van der Waals surface area contributed by atoms with Gasteiger partial charge in [0.2, 0.25) is 0 Å². The molecular formula is C7H6ClNOS. The van der Waals surface area contributed by atoms with Crippen LogP contribution in [0.1, 0.15) is 5.56 Å². The minimum absolute atomic E-state index is 0.514. The maximum atomic E-state index is 5.71. The molecule has 0 spiro atoms. The van der Waals surface area contributed by atoms with Crippen LogP contribution in [-0.2, 0) is 5.88 Å². The number of benzene rings is 1. The van der Waals surface area contributed by atoms with E-state index in [1.54, 1.807) is 0 Å². The molecule has 1 aliphatic heterocycles. The van der Waals surface area contributed by atoms with E-state index in [4.69, 9.17) is 15.8 Å². The van der Waals surface area contributed by atoms with Gasteiger partial charge in [-0.15, -0.1) is 11.6 Å². The summed E-state index contributed by atoms with van der Waals surface area (Å²) in [4.78, 5) is 0. The summed E-state index contributed by atoms with van der Waals surface area (Å²) < 4.78 is 8.22. The van der Waals surface area contributed by atoms with Crippen molar-refractivity contribution in [2.75, 3.05) is 4.72 Å². The lowest BCUT2D eigenvalue weighted by Crippen LogP contribution is -1.84. The standard InChI is InChI=1S/C7H6ClNOS/c8-4-5-2-1-3-6-7(5)9-11-10-6/h1-3,9H,4H2. The molecule has 1 aromatic carbocycles. The number of hydrogen-bond acceptors (Lipinski definition) is 3. The molecule has 4 heteroatoms. The Bertz CT molecular complexity index is 279. The molecule has 1 heterocycles. The molecule has 1 aliphatic rings. The fourth-order valence-corrected chi connectivity index (χ4v) is 1.79. The first kappa shape index (κ1) is 7.13. The van der Waals surface area contributed by atoms with Crippen LogP contribution in [0.4, 0.5) is 5.69 Å². The van der Waals surface area contributed by atoms with Gasteiger partial charge in [0.15, 0.2) is 18.0 Å². The molecule has 0 atom stereocenters. The van der Waals surface area contributed by atoms with Crippen molar-refractivity contribution >= 4 is 29.5 Å². The summed E-state index contributed by atoms with van der Waals surface area (Å²) in [5, 5.41) is 0. The SMILES string of the molecule is ClCc1cccc2c1NSO2. The number of anilines is 1. The van der Waals surface area contributed by atoms with Crippen LogP contribution in [-0.4, -0.2) is 0 Å². The number of alkyl halides is 1.